The molecule has 2 aromatic heterocycles. The Morgan fingerprint density at radius 1 is 1.14 bits per heavy atom. The second-order valence-corrected chi connectivity index (χ2v) is 5.32. The van der Waals surface area contributed by atoms with Gasteiger partial charge in [-0.05, 0) is 44.4 Å². The SMILES string of the molecule is CN(C)CCc1ccc2oc(-c3cccc(N)c3)nc2n1. The van der Waals surface area contributed by atoms with E-state index < -0.39 is 0 Å². The highest BCUT2D eigenvalue weighted by atomic mass is 16.3. The van der Waals surface area contributed by atoms with E-state index in [0.717, 1.165) is 24.2 Å². The largest absolute Gasteiger partial charge is 0.434 e. The number of aromatic nitrogens is 2. The fourth-order valence-electron chi connectivity index (χ4n) is 2.13. The maximum Gasteiger partial charge on any atom is 0.228 e. The molecule has 5 heteroatoms. The van der Waals surface area contributed by atoms with Crippen molar-refractivity contribution < 1.29 is 4.42 Å². The van der Waals surface area contributed by atoms with Crippen LogP contribution in [0.25, 0.3) is 22.7 Å². The zero-order valence-corrected chi connectivity index (χ0v) is 12.2. The predicted molar refractivity (Wildman–Crippen MR) is 83.9 cm³/mol. The van der Waals surface area contributed by atoms with E-state index >= 15 is 0 Å². The number of hydrogen-bond donors (Lipinski definition) is 1. The predicted octanol–water partition coefficient (Wildman–Crippen LogP) is 2.58. The summed E-state index contributed by atoms with van der Waals surface area (Å²) in [6, 6.07) is 11.4. The number of fused-ring (bicyclic) bond motifs is 1. The first kappa shape index (κ1) is 13.6. The van der Waals surface area contributed by atoms with Crippen molar-refractivity contribution in [2.75, 3.05) is 26.4 Å². The van der Waals surface area contributed by atoms with Gasteiger partial charge in [-0.25, -0.2) is 4.98 Å². The zero-order chi connectivity index (χ0) is 14.8. The number of nitrogens with zero attached hydrogens (tertiary/aromatic N) is 3. The number of anilines is 1. The van der Waals surface area contributed by atoms with Crippen LogP contribution in [0.5, 0.6) is 0 Å². The lowest BCUT2D eigenvalue weighted by molar-refractivity contribution is 0.412. The fraction of sp³-hybridized carbons (Fsp3) is 0.250. The number of pyridine rings is 1. The van der Waals surface area contributed by atoms with Gasteiger partial charge in [0.2, 0.25) is 5.89 Å². The first-order valence-corrected chi connectivity index (χ1v) is 6.89. The summed E-state index contributed by atoms with van der Waals surface area (Å²) >= 11 is 0. The summed E-state index contributed by atoms with van der Waals surface area (Å²) < 4.78 is 5.75. The molecule has 0 fully saturated rings. The molecule has 0 bridgehead atoms. The molecule has 3 aromatic rings. The van der Waals surface area contributed by atoms with Crippen LogP contribution < -0.4 is 5.73 Å². The molecule has 0 aliphatic rings. The van der Waals surface area contributed by atoms with Gasteiger partial charge in [-0.3, -0.25) is 0 Å². The van der Waals surface area contributed by atoms with E-state index in [2.05, 4.69) is 14.9 Å². The molecule has 0 amide bonds. The Kier molecular flexibility index (Phi) is 3.58. The van der Waals surface area contributed by atoms with Crippen molar-refractivity contribution in [3.63, 3.8) is 0 Å². The third kappa shape index (κ3) is 3.03. The molecule has 2 N–H and O–H groups in total. The van der Waals surface area contributed by atoms with Crippen LogP contribution in [0.2, 0.25) is 0 Å². The van der Waals surface area contributed by atoms with E-state index in [9.17, 15) is 0 Å². The van der Waals surface area contributed by atoms with E-state index in [1.807, 2.05) is 50.5 Å². The van der Waals surface area contributed by atoms with Crippen molar-refractivity contribution in [2.45, 2.75) is 6.42 Å². The molecule has 0 atom stereocenters. The standard InChI is InChI=1S/C16H18N4O/c1-20(2)9-8-13-6-7-14-15(18-13)19-16(21-14)11-4-3-5-12(17)10-11/h3-7,10H,8-9,17H2,1-2H3. The number of benzene rings is 1. The highest BCUT2D eigenvalue weighted by Gasteiger charge is 2.10. The van der Waals surface area contributed by atoms with Gasteiger partial charge in [0.05, 0.1) is 0 Å². The van der Waals surface area contributed by atoms with E-state index in [0.29, 0.717) is 22.8 Å². The maximum atomic E-state index is 5.79. The van der Waals surface area contributed by atoms with Crippen molar-refractivity contribution in [2.24, 2.45) is 0 Å². The first-order chi connectivity index (χ1) is 10.1. The smallest absolute Gasteiger partial charge is 0.228 e. The number of likely N-dealkylation sites (N-methyl/N-ethyl adjacent to an activating group) is 1. The third-order valence-corrected chi connectivity index (χ3v) is 3.26. The quantitative estimate of drug-likeness (QED) is 0.745. The lowest BCUT2D eigenvalue weighted by Crippen LogP contribution is -2.15. The number of nitrogen functional groups attached to an aromatic ring is 1. The Morgan fingerprint density at radius 2 is 2.00 bits per heavy atom. The van der Waals surface area contributed by atoms with Gasteiger partial charge in [0.25, 0.3) is 0 Å². The Balaban J connectivity index is 1.93. The van der Waals surface area contributed by atoms with Gasteiger partial charge >= 0.3 is 0 Å². The Labute approximate surface area is 123 Å². The molecule has 0 saturated heterocycles. The highest BCUT2D eigenvalue weighted by molar-refractivity contribution is 5.73. The molecule has 1 aromatic carbocycles. The van der Waals surface area contributed by atoms with E-state index in [4.69, 9.17) is 10.2 Å². The van der Waals surface area contributed by atoms with Crippen LogP contribution in [-0.4, -0.2) is 35.5 Å². The van der Waals surface area contributed by atoms with E-state index in [1.54, 1.807) is 0 Å². The minimum Gasteiger partial charge on any atom is -0.434 e. The summed E-state index contributed by atoms with van der Waals surface area (Å²) in [6.07, 6.45) is 0.892. The summed E-state index contributed by atoms with van der Waals surface area (Å²) in [6.45, 7) is 0.957. The van der Waals surface area contributed by atoms with Gasteiger partial charge in [0.1, 0.15) is 0 Å². The molecule has 108 valence electrons. The van der Waals surface area contributed by atoms with Gasteiger partial charge in [-0.2, -0.15) is 4.98 Å². The number of nitrogens with two attached hydrogens (primary N) is 1. The fourth-order valence-corrected chi connectivity index (χ4v) is 2.13. The average Bonchev–Trinajstić information content (AvgIpc) is 2.88. The van der Waals surface area contributed by atoms with Gasteiger partial charge in [-0.1, -0.05) is 6.07 Å². The third-order valence-electron chi connectivity index (χ3n) is 3.26. The van der Waals surface area contributed by atoms with Gasteiger partial charge in [0.15, 0.2) is 11.2 Å². The Morgan fingerprint density at radius 3 is 2.76 bits per heavy atom. The second-order valence-electron chi connectivity index (χ2n) is 5.32. The molecular weight excluding hydrogens is 264 g/mol. The van der Waals surface area contributed by atoms with Crippen molar-refractivity contribution in [1.29, 1.82) is 0 Å². The van der Waals surface area contributed by atoms with Gasteiger partial charge in [-0.15, -0.1) is 0 Å². The number of rotatable bonds is 4. The maximum absolute atomic E-state index is 5.79. The zero-order valence-electron chi connectivity index (χ0n) is 12.2. The molecule has 2 heterocycles. The topological polar surface area (TPSA) is 68.2 Å². The molecule has 3 rings (SSSR count). The molecule has 0 radical (unpaired) electrons. The normalized spacial score (nSPS) is 11.4. The number of oxazole rings is 1. The second kappa shape index (κ2) is 5.54. The van der Waals surface area contributed by atoms with Gasteiger partial charge in [0, 0.05) is 29.9 Å². The van der Waals surface area contributed by atoms with Crippen LogP contribution >= 0.6 is 0 Å². The first-order valence-electron chi connectivity index (χ1n) is 6.89. The van der Waals surface area contributed by atoms with Gasteiger partial charge < -0.3 is 15.1 Å². The molecule has 5 nitrogen and oxygen atoms in total. The van der Waals surface area contributed by atoms with Crippen LogP contribution in [-0.2, 0) is 6.42 Å². The lowest BCUT2D eigenvalue weighted by Gasteiger charge is -2.07. The van der Waals surface area contributed by atoms with Crippen molar-refractivity contribution in [1.82, 2.24) is 14.9 Å². The molecule has 0 unspecified atom stereocenters. The van der Waals surface area contributed by atoms with Crippen molar-refractivity contribution in [3.8, 4) is 11.5 Å². The van der Waals surface area contributed by atoms with Crippen LogP contribution in [0.1, 0.15) is 5.69 Å². The molecular formula is C16H18N4O. The highest BCUT2D eigenvalue weighted by Crippen LogP contribution is 2.24. The Hall–Kier alpha value is -2.40. The van der Waals surface area contributed by atoms with Crippen LogP contribution in [0, 0.1) is 0 Å². The molecule has 21 heavy (non-hydrogen) atoms. The summed E-state index contributed by atoms with van der Waals surface area (Å²) in [5, 5.41) is 0. The van der Waals surface area contributed by atoms with Crippen LogP contribution in [0.15, 0.2) is 40.8 Å². The average molecular weight is 282 g/mol. The summed E-state index contributed by atoms with van der Waals surface area (Å²) in [5.41, 5.74) is 9.70. The molecule has 0 saturated carbocycles. The van der Waals surface area contributed by atoms with Crippen molar-refractivity contribution in [3.05, 3.63) is 42.1 Å². The van der Waals surface area contributed by atoms with Crippen molar-refractivity contribution >= 4 is 16.9 Å². The molecule has 0 aliphatic carbocycles. The molecule has 0 aliphatic heterocycles. The number of hydrogen-bond acceptors (Lipinski definition) is 5. The minimum atomic E-state index is 0.551. The minimum absolute atomic E-state index is 0.551. The summed E-state index contributed by atoms with van der Waals surface area (Å²) in [5.74, 6) is 0.551. The van der Waals surface area contributed by atoms with Crippen LogP contribution in [0.4, 0.5) is 5.69 Å². The Bertz CT molecular complexity index is 764. The van der Waals surface area contributed by atoms with E-state index in [-0.39, 0.29) is 0 Å². The lowest BCUT2D eigenvalue weighted by atomic mass is 10.2. The molecule has 0 spiro atoms. The summed E-state index contributed by atoms with van der Waals surface area (Å²) in [7, 11) is 4.10. The monoisotopic (exact) mass is 282 g/mol. The summed E-state index contributed by atoms with van der Waals surface area (Å²) in [4.78, 5) is 11.1. The van der Waals surface area contributed by atoms with Crippen LogP contribution in [0.3, 0.4) is 0 Å². The van der Waals surface area contributed by atoms with E-state index in [1.165, 1.54) is 0 Å².